The molecule has 12 heavy (non-hydrogen) atoms. The van der Waals surface area contributed by atoms with Gasteiger partial charge in [-0.1, -0.05) is 0 Å². The summed E-state index contributed by atoms with van der Waals surface area (Å²) in [5.74, 6) is 0.0343. The molecule has 3 heteroatoms. The van der Waals surface area contributed by atoms with Crippen molar-refractivity contribution < 1.29 is 9.53 Å². The standard InChI is InChI=1S/C9H15NO2/c1-12-9(11)8-4-2-6-10-7-3-5-8/h6,8H,2-5,7H2,1H3. The molecule has 0 aromatic carbocycles. The van der Waals surface area contributed by atoms with Gasteiger partial charge in [-0.2, -0.15) is 0 Å². The number of carbonyl (C=O) groups excluding carboxylic acids is 1. The van der Waals surface area contributed by atoms with Crippen molar-refractivity contribution in [2.75, 3.05) is 13.7 Å². The predicted molar refractivity (Wildman–Crippen MR) is 47.3 cm³/mol. The van der Waals surface area contributed by atoms with Gasteiger partial charge < -0.3 is 4.74 Å². The maximum absolute atomic E-state index is 11.2. The van der Waals surface area contributed by atoms with Gasteiger partial charge in [0.25, 0.3) is 0 Å². The summed E-state index contributed by atoms with van der Waals surface area (Å²) in [7, 11) is 1.45. The van der Waals surface area contributed by atoms with Crippen LogP contribution in [0, 0.1) is 5.92 Å². The van der Waals surface area contributed by atoms with Crippen molar-refractivity contribution in [3.63, 3.8) is 0 Å². The Kier molecular flexibility index (Phi) is 3.77. The summed E-state index contributed by atoms with van der Waals surface area (Å²) in [6.07, 6.45) is 5.62. The Labute approximate surface area is 72.8 Å². The van der Waals surface area contributed by atoms with E-state index in [0.717, 1.165) is 32.2 Å². The van der Waals surface area contributed by atoms with Crippen LogP contribution in [0.15, 0.2) is 4.99 Å². The van der Waals surface area contributed by atoms with Crippen molar-refractivity contribution in [3.05, 3.63) is 0 Å². The number of hydrogen-bond acceptors (Lipinski definition) is 3. The normalized spacial score (nSPS) is 24.2. The SMILES string of the molecule is COC(=O)C1CCC=NCCC1. The van der Waals surface area contributed by atoms with Crippen LogP contribution < -0.4 is 0 Å². The van der Waals surface area contributed by atoms with Crippen LogP contribution in [-0.4, -0.2) is 25.8 Å². The van der Waals surface area contributed by atoms with E-state index >= 15 is 0 Å². The van der Waals surface area contributed by atoms with Gasteiger partial charge in [-0.15, -0.1) is 0 Å². The van der Waals surface area contributed by atoms with Crippen molar-refractivity contribution >= 4 is 12.2 Å². The van der Waals surface area contributed by atoms with E-state index in [1.165, 1.54) is 7.11 Å². The minimum absolute atomic E-state index is 0.0645. The monoisotopic (exact) mass is 169 g/mol. The topological polar surface area (TPSA) is 38.7 Å². The highest BCUT2D eigenvalue weighted by atomic mass is 16.5. The number of aliphatic imine (C=N–C) groups is 1. The molecule has 1 unspecified atom stereocenters. The van der Waals surface area contributed by atoms with Crippen LogP contribution in [0.1, 0.15) is 25.7 Å². The van der Waals surface area contributed by atoms with E-state index in [0.29, 0.717) is 0 Å². The van der Waals surface area contributed by atoms with Crippen LogP contribution in [0.3, 0.4) is 0 Å². The molecule has 0 saturated heterocycles. The molecule has 0 N–H and O–H groups in total. The largest absolute Gasteiger partial charge is 0.469 e. The van der Waals surface area contributed by atoms with E-state index in [9.17, 15) is 4.79 Å². The van der Waals surface area contributed by atoms with Crippen molar-refractivity contribution in [2.24, 2.45) is 10.9 Å². The predicted octanol–water partition coefficient (Wildman–Crippen LogP) is 1.42. The summed E-state index contributed by atoms with van der Waals surface area (Å²) < 4.78 is 4.70. The van der Waals surface area contributed by atoms with E-state index in [4.69, 9.17) is 4.74 Å². The third-order valence-electron chi connectivity index (χ3n) is 2.15. The third-order valence-corrected chi connectivity index (χ3v) is 2.15. The van der Waals surface area contributed by atoms with Gasteiger partial charge in [0.1, 0.15) is 0 Å². The van der Waals surface area contributed by atoms with Crippen LogP contribution in [0.5, 0.6) is 0 Å². The van der Waals surface area contributed by atoms with Gasteiger partial charge >= 0.3 is 5.97 Å². The molecular weight excluding hydrogens is 154 g/mol. The number of hydrogen-bond donors (Lipinski definition) is 0. The molecule has 0 aliphatic carbocycles. The second-order valence-electron chi connectivity index (χ2n) is 3.03. The first kappa shape index (κ1) is 9.23. The van der Waals surface area contributed by atoms with E-state index in [1.807, 2.05) is 6.21 Å². The molecular formula is C9H15NO2. The van der Waals surface area contributed by atoms with E-state index in [-0.39, 0.29) is 11.9 Å². The second kappa shape index (κ2) is 4.91. The summed E-state index contributed by atoms with van der Waals surface area (Å²) in [5, 5.41) is 0. The third kappa shape index (κ3) is 2.64. The Morgan fingerprint density at radius 3 is 3.17 bits per heavy atom. The molecule has 1 heterocycles. The van der Waals surface area contributed by atoms with E-state index in [1.54, 1.807) is 0 Å². The number of methoxy groups -OCH3 is 1. The molecule has 0 saturated carbocycles. The van der Waals surface area contributed by atoms with Crippen molar-refractivity contribution in [3.8, 4) is 0 Å². The van der Waals surface area contributed by atoms with Crippen LogP contribution in [-0.2, 0) is 9.53 Å². The molecule has 0 radical (unpaired) electrons. The molecule has 0 fully saturated rings. The fourth-order valence-electron chi connectivity index (χ4n) is 1.43. The number of esters is 1. The Morgan fingerprint density at radius 1 is 1.58 bits per heavy atom. The summed E-state index contributed by atoms with van der Waals surface area (Å²) in [6.45, 7) is 0.855. The Bertz CT molecular complexity index is 177. The Hall–Kier alpha value is -0.860. The van der Waals surface area contributed by atoms with E-state index < -0.39 is 0 Å². The maximum atomic E-state index is 11.2. The van der Waals surface area contributed by atoms with Gasteiger partial charge in [0.05, 0.1) is 13.0 Å². The first-order chi connectivity index (χ1) is 5.84. The van der Waals surface area contributed by atoms with Gasteiger partial charge in [0.2, 0.25) is 0 Å². The van der Waals surface area contributed by atoms with Gasteiger partial charge in [-0.05, 0) is 31.9 Å². The lowest BCUT2D eigenvalue weighted by molar-refractivity contribution is -0.145. The second-order valence-corrected chi connectivity index (χ2v) is 3.03. The molecule has 1 atom stereocenters. The summed E-state index contributed by atoms with van der Waals surface area (Å²) in [6, 6.07) is 0. The maximum Gasteiger partial charge on any atom is 0.308 e. The summed E-state index contributed by atoms with van der Waals surface area (Å²) >= 11 is 0. The van der Waals surface area contributed by atoms with Crippen molar-refractivity contribution in [2.45, 2.75) is 25.7 Å². The van der Waals surface area contributed by atoms with Gasteiger partial charge in [0.15, 0.2) is 0 Å². The lowest BCUT2D eigenvalue weighted by Gasteiger charge is -2.14. The van der Waals surface area contributed by atoms with Crippen molar-refractivity contribution in [1.29, 1.82) is 0 Å². The van der Waals surface area contributed by atoms with Crippen LogP contribution in [0.2, 0.25) is 0 Å². The van der Waals surface area contributed by atoms with E-state index in [2.05, 4.69) is 4.99 Å². The molecule has 0 amide bonds. The molecule has 1 rings (SSSR count). The zero-order valence-electron chi connectivity index (χ0n) is 7.45. The molecule has 0 spiro atoms. The van der Waals surface area contributed by atoms with Crippen molar-refractivity contribution in [1.82, 2.24) is 0 Å². The first-order valence-corrected chi connectivity index (χ1v) is 4.40. The average molecular weight is 169 g/mol. The van der Waals surface area contributed by atoms with Gasteiger partial charge in [0, 0.05) is 6.54 Å². The molecule has 1 aliphatic rings. The molecule has 0 bridgehead atoms. The Morgan fingerprint density at radius 2 is 2.42 bits per heavy atom. The lowest BCUT2D eigenvalue weighted by atomic mass is 9.97. The van der Waals surface area contributed by atoms with Gasteiger partial charge in [-0.25, -0.2) is 0 Å². The molecule has 1 aliphatic heterocycles. The fourth-order valence-corrected chi connectivity index (χ4v) is 1.43. The summed E-state index contributed by atoms with van der Waals surface area (Å²) in [4.78, 5) is 15.3. The minimum atomic E-state index is -0.0645. The smallest absolute Gasteiger partial charge is 0.308 e. The highest BCUT2D eigenvalue weighted by Gasteiger charge is 2.18. The number of carbonyl (C=O) groups is 1. The number of rotatable bonds is 1. The van der Waals surface area contributed by atoms with Gasteiger partial charge in [-0.3, -0.25) is 9.79 Å². The number of nitrogens with zero attached hydrogens (tertiary/aromatic N) is 1. The quantitative estimate of drug-likeness (QED) is 0.557. The van der Waals surface area contributed by atoms with Crippen LogP contribution in [0.25, 0.3) is 0 Å². The lowest BCUT2D eigenvalue weighted by Crippen LogP contribution is -2.17. The zero-order chi connectivity index (χ0) is 8.81. The molecule has 0 aromatic heterocycles. The molecule has 0 aromatic rings. The Balaban J connectivity index is 2.42. The fraction of sp³-hybridized carbons (Fsp3) is 0.778. The highest BCUT2D eigenvalue weighted by Crippen LogP contribution is 2.16. The number of ether oxygens (including phenoxy) is 1. The highest BCUT2D eigenvalue weighted by molar-refractivity contribution is 5.73. The molecule has 68 valence electrons. The molecule has 3 nitrogen and oxygen atoms in total. The summed E-state index contributed by atoms with van der Waals surface area (Å²) in [5.41, 5.74) is 0. The van der Waals surface area contributed by atoms with Crippen LogP contribution in [0.4, 0.5) is 0 Å². The zero-order valence-corrected chi connectivity index (χ0v) is 7.45. The minimum Gasteiger partial charge on any atom is -0.469 e. The first-order valence-electron chi connectivity index (χ1n) is 4.40. The van der Waals surface area contributed by atoms with Crippen LogP contribution >= 0.6 is 0 Å². The average Bonchev–Trinajstić information content (AvgIpc) is 2.02.